The quantitative estimate of drug-likeness (QED) is 0.576. The molecular formula is C14H21N5OS. The van der Waals surface area contributed by atoms with Crippen LogP contribution in [0.25, 0.3) is 10.2 Å². The van der Waals surface area contributed by atoms with Gasteiger partial charge in [-0.15, -0.1) is 11.3 Å². The van der Waals surface area contributed by atoms with Crippen LogP contribution < -0.4 is 11.3 Å². The van der Waals surface area contributed by atoms with Gasteiger partial charge in [-0.1, -0.05) is 12.8 Å². The van der Waals surface area contributed by atoms with Gasteiger partial charge in [0.1, 0.15) is 10.7 Å². The maximum atomic E-state index is 10.5. The molecule has 0 aromatic carbocycles. The Kier molecular flexibility index (Phi) is 4.08. The minimum atomic E-state index is -0.545. The van der Waals surface area contributed by atoms with Crippen LogP contribution in [0.3, 0.4) is 0 Å². The minimum absolute atomic E-state index is 0.545. The average molecular weight is 307 g/mol. The van der Waals surface area contributed by atoms with Crippen molar-refractivity contribution in [1.29, 1.82) is 0 Å². The molecule has 0 saturated heterocycles. The van der Waals surface area contributed by atoms with Crippen LogP contribution in [0.1, 0.15) is 31.5 Å². The molecule has 0 unspecified atom stereocenters. The first-order valence-electron chi connectivity index (χ1n) is 7.21. The van der Waals surface area contributed by atoms with Crippen molar-refractivity contribution >= 4 is 27.4 Å². The highest BCUT2D eigenvalue weighted by atomic mass is 32.1. The topological polar surface area (TPSA) is 87.3 Å². The van der Waals surface area contributed by atoms with Gasteiger partial charge in [0.15, 0.2) is 5.82 Å². The van der Waals surface area contributed by atoms with Crippen LogP contribution >= 0.6 is 11.3 Å². The number of nitrogens with one attached hydrogen (secondary N) is 1. The third-order valence-corrected chi connectivity index (χ3v) is 4.82. The first-order valence-corrected chi connectivity index (χ1v) is 8.09. The van der Waals surface area contributed by atoms with Gasteiger partial charge in [0.25, 0.3) is 0 Å². The number of nitrogen functional groups attached to an aromatic ring is 1. The third kappa shape index (κ3) is 3.16. The molecule has 1 aliphatic carbocycles. The van der Waals surface area contributed by atoms with Crippen LogP contribution in [0.15, 0.2) is 11.4 Å². The maximum Gasteiger partial charge on any atom is 0.152 e. The van der Waals surface area contributed by atoms with Gasteiger partial charge in [0.05, 0.1) is 17.5 Å². The molecule has 2 aromatic rings. The molecule has 1 fully saturated rings. The molecular weight excluding hydrogens is 286 g/mol. The van der Waals surface area contributed by atoms with E-state index in [4.69, 9.17) is 5.84 Å². The normalized spacial score (nSPS) is 17.7. The number of aliphatic hydroxyl groups is 1. The molecule has 0 bridgehead atoms. The van der Waals surface area contributed by atoms with E-state index in [1.807, 2.05) is 18.5 Å². The number of nitrogens with zero attached hydrogens (tertiary/aromatic N) is 3. The van der Waals surface area contributed by atoms with E-state index in [9.17, 15) is 5.11 Å². The molecule has 114 valence electrons. The lowest BCUT2D eigenvalue weighted by molar-refractivity contribution is 0.0140. The van der Waals surface area contributed by atoms with E-state index in [0.29, 0.717) is 18.9 Å². The van der Waals surface area contributed by atoms with Gasteiger partial charge >= 0.3 is 0 Å². The number of hydrazine groups is 1. The Bertz CT molecular complexity index is 623. The highest BCUT2D eigenvalue weighted by Gasteiger charge is 2.32. The van der Waals surface area contributed by atoms with E-state index in [1.165, 1.54) is 0 Å². The van der Waals surface area contributed by atoms with Crippen molar-refractivity contribution in [3.63, 3.8) is 0 Å². The van der Waals surface area contributed by atoms with Crippen molar-refractivity contribution in [3.05, 3.63) is 17.3 Å². The number of likely N-dealkylation sites (N-methyl/N-ethyl adjacent to an activating group) is 1. The largest absolute Gasteiger partial charge is 0.389 e. The fourth-order valence-corrected chi connectivity index (χ4v) is 3.85. The third-order valence-electron chi connectivity index (χ3n) is 4.02. The first-order chi connectivity index (χ1) is 10.1. The molecule has 7 heteroatoms. The summed E-state index contributed by atoms with van der Waals surface area (Å²) in [5.74, 6) is 6.92. The monoisotopic (exact) mass is 307 g/mol. The molecule has 1 aliphatic rings. The van der Waals surface area contributed by atoms with Crippen LogP contribution in [0.2, 0.25) is 0 Å². The summed E-state index contributed by atoms with van der Waals surface area (Å²) in [5, 5.41) is 13.4. The van der Waals surface area contributed by atoms with E-state index in [1.54, 1.807) is 11.3 Å². The Labute approximate surface area is 128 Å². The molecule has 0 aliphatic heterocycles. The minimum Gasteiger partial charge on any atom is -0.389 e. The molecule has 0 spiro atoms. The second-order valence-corrected chi connectivity index (χ2v) is 6.77. The van der Waals surface area contributed by atoms with Gasteiger partial charge < -0.3 is 10.5 Å². The fraction of sp³-hybridized carbons (Fsp3) is 0.571. The zero-order chi connectivity index (χ0) is 14.9. The summed E-state index contributed by atoms with van der Waals surface area (Å²) in [6.07, 6.45) is 4.00. The van der Waals surface area contributed by atoms with Gasteiger partial charge in [0, 0.05) is 6.54 Å². The summed E-state index contributed by atoms with van der Waals surface area (Å²) >= 11 is 1.58. The van der Waals surface area contributed by atoms with Crippen LogP contribution in [0, 0.1) is 0 Å². The SMILES string of the molecule is CN(Cc1nc(NN)c2ccsc2n1)CC1(O)CCCC1. The summed E-state index contributed by atoms with van der Waals surface area (Å²) in [6, 6.07) is 1.96. The Morgan fingerprint density at radius 1 is 1.43 bits per heavy atom. The van der Waals surface area contributed by atoms with Crippen LogP contribution in [-0.2, 0) is 6.54 Å². The predicted octanol–water partition coefficient (Wildman–Crippen LogP) is 1.71. The fourth-order valence-electron chi connectivity index (χ4n) is 3.07. The highest BCUT2D eigenvalue weighted by molar-refractivity contribution is 7.16. The number of aromatic nitrogens is 2. The van der Waals surface area contributed by atoms with Crippen molar-refractivity contribution in [2.45, 2.75) is 37.8 Å². The van der Waals surface area contributed by atoms with Gasteiger partial charge in [-0.25, -0.2) is 15.8 Å². The Morgan fingerprint density at radius 2 is 2.19 bits per heavy atom. The second-order valence-electron chi connectivity index (χ2n) is 5.88. The van der Waals surface area contributed by atoms with Crippen LogP contribution in [-0.4, -0.2) is 39.2 Å². The summed E-state index contributed by atoms with van der Waals surface area (Å²) in [4.78, 5) is 12.0. The van der Waals surface area contributed by atoms with Gasteiger partial charge in [-0.2, -0.15) is 0 Å². The summed E-state index contributed by atoms with van der Waals surface area (Å²) < 4.78 is 0. The van der Waals surface area contributed by atoms with Gasteiger partial charge in [-0.05, 0) is 31.3 Å². The molecule has 0 radical (unpaired) electrons. The van der Waals surface area contributed by atoms with Crippen LogP contribution in [0.4, 0.5) is 5.82 Å². The Balaban J connectivity index is 1.74. The molecule has 1 saturated carbocycles. The molecule has 3 rings (SSSR count). The second kappa shape index (κ2) is 5.84. The number of hydrogen-bond acceptors (Lipinski definition) is 7. The summed E-state index contributed by atoms with van der Waals surface area (Å²) in [6.45, 7) is 1.26. The van der Waals surface area contributed by atoms with Crippen LogP contribution in [0.5, 0.6) is 0 Å². The maximum absolute atomic E-state index is 10.5. The summed E-state index contributed by atoms with van der Waals surface area (Å²) in [7, 11) is 1.99. The number of anilines is 1. The molecule has 4 N–H and O–H groups in total. The lowest BCUT2D eigenvalue weighted by Gasteiger charge is -2.28. The van der Waals surface area contributed by atoms with Gasteiger partial charge in [0.2, 0.25) is 0 Å². The van der Waals surface area contributed by atoms with E-state index < -0.39 is 5.60 Å². The predicted molar refractivity (Wildman–Crippen MR) is 85.0 cm³/mol. The van der Waals surface area contributed by atoms with Gasteiger partial charge in [-0.3, -0.25) is 4.90 Å². The standard InChI is InChI=1S/C14H21N5OS/c1-19(9-14(20)5-2-3-6-14)8-11-16-12(18-15)10-4-7-21-13(10)17-11/h4,7,20H,2-3,5-6,8-9,15H2,1H3,(H,16,17,18). The van der Waals surface area contributed by atoms with Crippen molar-refractivity contribution in [2.24, 2.45) is 5.84 Å². The molecule has 2 aromatic heterocycles. The van der Waals surface area contributed by atoms with Crippen molar-refractivity contribution in [2.75, 3.05) is 19.0 Å². The molecule has 21 heavy (non-hydrogen) atoms. The number of fused-ring (bicyclic) bond motifs is 1. The smallest absolute Gasteiger partial charge is 0.152 e. The number of thiophene rings is 1. The lowest BCUT2D eigenvalue weighted by atomic mass is 10.0. The van der Waals surface area contributed by atoms with E-state index >= 15 is 0 Å². The molecule has 0 amide bonds. The molecule has 0 atom stereocenters. The number of nitrogens with two attached hydrogens (primary N) is 1. The van der Waals surface area contributed by atoms with Crippen molar-refractivity contribution in [3.8, 4) is 0 Å². The molecule has 2 heterocycles. The summed E-state index contributed by atoms with van der Waals surface area (Å²) in [5.41, 5.74) is 2.09. The Hall–Kier alpha value is -1.28. The zero-order valence-electron chi connectivity index (χ0n) is 12.2. The lowest BCUT2D eigenvalue weighted by Crippen LogP contribution is -2.39. The number of hydrogen-bond donors (Lipinski definition) is 3. The Morgan fingerprint density at radius 3 is 2.90 bits per heavy atom. The van der Waals surface area contributed by atoms with Crippen molar-refractivity contribution < 1.29 is 5.11 Å². The zero-order valence-corrected chi connectivity index (χ0v) is 13.0. The number of rotatable bonds is 5. The molecule has 6 nitrogen and oxygen atoms in total. The van der Waals surface area contributed by atoms with E-state index in [-0.39, 0.29) is 0 Å². The average Bonchev–Trinajstić information content (AvgIpc) is 3.06. The van der Waals surface area contributed by atoms with E-state index in [2.05, 4.69) is 20.3 Å². The first kappa shape index (κ1) is 14.6. The van der Waals surface area contributed by atoms with E-state index in [0.717, 1.165) is 41.7 Å². The van der Waals surface area contributed by atoms with Crippen molar-refractivity contribution in [1.82, 2.24) is 14.9 Å². The highest BCUT2D eigenvalue weighted by Crippen LogP contribution is 2.30.